The van der Waals surface area contributed by atoms with Crippen LogP contribution in [0.2, 0.25) is 15.1 Å². The Morgan fingerprint density at radius 3 is 1.67 bits per heavy atom. The molecule has 3 rings (SSSR count). The predicted molar refractivity (Wildman–Crippen MR) is 109 cm³/mol. The molecule has 0 saturated heterocycles. The summed E-state index contributed by atoms with van der Waals surface area (Å²) in [6.45, 7) is 0. The Kier molecular flexibility index (Phi) is 5.84. The largest absolute Gasteiger partial charge is 0.379 e. The highest BCUT2D eigenvalue weighted by atomic mass is 35.5. The number of hydrogen-bond acceptors (Lipinski definition) is 3. The maximum Gasteiger partial charge on any atom is 0.181 e. The predicted octanol–water partition coefficient (Wildman–Crippen LogP) is 5.36. The molecule has 0 amide bonds. The second-order valence-electron chi connectivity index (χ2n) is 6.09. The Labute approximate surface area is 173 Å². The molecule has 27 heavy (non-hydrogen) atoms. The Hall–Kier alpha value is -1.56. The fourth-order valence-electron chi connectivity index (χ4n) is 2.80. The van der Waals surface area contributed by atoms with E-state index in [1.807, 2.05) is 0 Å². The topological polar surface area (TPSA) is 54.4 Å². The monoisotopic (exact) mass is 440 g/mol. The molecule has 3 aromatic rings. The van der Waals surface area contributed by atoms with E-state index in [9.17, 15) is 13.5 Å². The van der Waals surface area contributed by atoms with Crippen LogP contribution < -0.4 is 0 Å². The normalized spacial score (nSPS) is 12.1. The fraction of sp³-hybridized carbons (Fsp3) is 0.100. The minimum absolute atomic E-state index is 0.0383. The number of rotatable bonds is 5. The third-order valence-corrected chi connectivity index (χ3v) is 6.71. The van der Waals surface area contributed by atoms with Crippen LogP contribution >= 0.6 is 34.8 Å². The molecule has 7 heteroatoms. The lowest BCUT2D eigenvalue weighted by molar-refractivity contribution is 0.105. The Bertz CT molecular complexity index is 1000. The summed E-state index contributed by atoms with van der Waals surface area (Å²) < 4.78 is 26.0. The van der Waals surface area contributed by atoms with E-state index in [0.29, 0.717) is 26.2 Å². The summed E-state index contributed by atoms with van der Waals surface area (Å²) in [5.41, 5.74) is -0.990. The van der Waals surface area contributed by atoms with Crippen LogP contribution in [0.1, 0.15) is 11.1 Å². The van der Waals surface area contributed by atoms with Gasteiger partial charge in [-0.2, -0.15) is 0 Å². The van der Waals surface area contributed by atoms with Crippen molar-refractivity contribution in [3.8, 4) is 0 Å². The number of benzene rings is 3. The fourth-order valence-corrected chi connectivity index (χ4v) is 4.95. The molecule has 0 bridgehead atoms. The van der Waals surface area contributed by atoms with E-state index in [-0.39, 0.29) is 4.90 Å². The van der Waals surface area contributed by atoms with Crippen LogP contribution in [0.25, 0.3) is 0 Å². The third kappa shape index (κ3) is 4.48. The zero-order chi connectivity index (χ0) is 19.7. The van der Waals surface area contributed by atoms with Gasteiger partial charge in [0.25, 0.3) is 0 Å². The minimum atomic E-state index is -3.86. The van der Waals surface area contributed by atoms with Crippen molar-refractivity contribution in [3.63, 3.8) is 0 Å². The van der Waals surface area contributed by atoms with Crippen LogP contribution in [0.3, 0.4) is 0 Å². The van der Waals surface area contributed by atoms with Gasteiger partial charge in [0.05, 0.1) is 10.6 Å². The van der Waals surface area contributed by atoms with Crippen LogP contribution in [0.4, 0.5) is 0 Å². The molecule has 0 atom stereocenters. The van der Waals surface area contributed by atoms with E-state index >= 15 is 0 Å². The van der Waals surface area contributed by atoms with E-state index in [0.717, 1.165) is 0 Å². The van der Waals surface area contributed by atoms with Crippen molar-refractivity contribution < 1.29 is 13.5 Å². The SMILES string of the molecule is O=S(=O)(CC(O)(c1ccc(Cl)cc1)c1ccc(Cl)cc1)c1cccc(Cl)c1. The highest BCUT2D eigenvalue weighted by molar-refractivity contribution is 7.91. The van der Waals surface area contributed by atoms with Crippen LogP contribution in [-0.4, -0.2) is 19.3 Å². The molecular formula is C20H15Cl3O3S. The summed E-state index contributed by atoms with van der Waals surface area (Å²) in [5.74, 6) is -0.566. The van der Waals surface area contributed by atoms with E-state index in [1.54, 1.807) is 60.7 Å². The number of hydrogen-bond donors (Lipinski definition) is 1. The molecule has 0 aromatic heterocycles. The molecule has 0 saturated carbocycles. The van der Waals surface area contributed by atoms with Gasteiger partial charge in [0.2, 0.25) is 0 Å². The van der Waals surface area contributed by atoms with Crippen molar-refractivity contribution in [1.29, 1.82) is 0 Å². The van der Waals surface area contributed by atoms with Crippen LogP contribution in [0.15, 0.2) is 77.7 Å². The van der Waals surface area contributed by atoms with Crippen molar-refractivity contribution in [3.05, 3.63) is 99.0 Å². The lowest BCUT2D eigenvalue weighted by atomic mass is 9.88. The lowest BCUT2D eigenvalue weighted by Crippen LogP contribution is -2.35. The molecule has 3 nitrogen and oxygen atoms in total. The molecule has 0 radical (unpaired) electrons. The first-order valence-electron chi connectivity index (χ1n) is 7.93. The quantitative estimate of drug-likeness (QED) is 0.580. The van der Waals surface area contributed by atoms with Crippen molar-refractivity contribution >= 4 is 44.6 Å². The minimum Gasteiger partial charge on any atom is -0.379 e. The van der Waals surface area contributed by atoms with Crippen LogP contribution in [-0.2, 0) is 15.4 Å². The first kappa shape index (κ1) is 20.2. The molecule has 1 N–H and O–H groups in total. The highest BCUT2D eigenvalue weighted by Crippen LogP contribution is 2.34. The van der Waals surface area contributed by atoms with E-state index < -0.39 is 21.2 Å². The number of halogens is 3. The molecule has 0 heterocycles. The molecule has 0 fully saturated rings. The number of sulfone groups is 1. The molecule has 3 aromatic carbocycles. The Morgan fingerprint density at radius 1 is 0.741 bits per heavy atom. The van der Waals surface area contributed by atoms with Gasteiger partial charge in [-0.25, -0.2) is 8.42 Å². The summed E-state index contributed by atoms with van der Waals surface area (Å²) in [5, 5.41) is 12.8. The first-order chi connectivity index (χ1) is 12.7. The van der Waals surface area contributed by atoms with Gasteiger partial charge in [-0.3, -0.25) is 0 Å². The highest BCUT2D eigenvalue weighted by Gasteiger charge is 2.37. The molecule has 0 spiro atoms. The van der Waals surface area contributed by atoms with Gasteiger partial charge in [0.1, 0.15) is 5.60 Å². The second-order valence-corrected chi connectivity index (χ2v) is 9.39. The van der Waals surface area contributed by atoms with Gasteiger partial charge < -0.3 is 5.11 Å². The van der Waals surface area contributed by atoms with Gasteiger partial charge >= 0.3 is 0 Å². The summed E-state index contributed by atoms with van der Waals surface area (Å²) >= 11 is 17.8. The molecule has 0 aliphatic heterocycles. The van der Waals surface area contributed by atoms with Crippen molar-refractivity contribution in [2.24, 2.45) is 0 Å². The van der Waals surface area contributed by atoms with Crippen molar-refractivity contribution in [1.82, 2.24) is 0 Å². The average Bonchev–Trinajstić information content (AvgIpc) is 2.62. The molecule has 0 unspecified atom stereocenters. The maximum atomic E-state index is 13.0. The summed E-state index contributed by atoms with van der Waals surface area (Å²) in [4.78, 5) is 0.0383. The molecular weight excluding hydrogens is 427 g/mol. The maximum absolute atomic E-state index is 13.0. The average molecular weight is 442 g/mol. The zero-order valence-electron chi connectivity index (χ0n) is 13.9. The van der Waals surface area contributed by atoms with Crippen molar-refractivity contribution in [2.75, 3.05) is 5.75 Å². The Morgan fingerprint density at radius 2 is 1.22 bits per heavy atom. The molecule has 0 aliphatic rings. The lowest BCUT2D eigenvalue weighted by Gasteiger charge is -2.29. The van der Waals surface area contributed by atoms with Gasteiger partial charge in [-0.1, -0.05) is 65.1 Å². The smallest absolute Gasteiger partial charge is 0.181 e. The van der Waals surface area contributed by atoms with E-state index in [1.165, 1.54) is 12.1 Å². The first-order valence-corrected chi connectivity index (χ1v) is 10.7. The summed E-state index contributed by atoms with van der Waals surface area (Å²) in [6.07, 6.45) is 0. The van der Waals surface area contributed by atoms with Gasteiger partial charge in [0.15, 0.2) is 9.84 Å². The van der Waals surface area contributed by atoms with Crippen LogP contribution in [0, 0.1) is 0 Å². The summed E-state index contributed by atoms with van der Waals surface area (Å²) in [6, 6.07) is 18.8. The van der Waals surface area contributed by atoms with Gasteiger partial charge in [-0.05, 0) is 53.6 Å². The van der Waals surface area contributed by atoms with Crippen molar-refractivity contribution in [2.45, 2.75) is 10.5 Å². The Balaban J connectivity index is 2.12. The standard InChI is InChI=1S/C20H15Cl3O3S/c21-16-8-4-14(5-9-16)20(24,15-6-10-17(22)11-7-15)13-27(25,26)19-3-1-2-18(23)12-19/h1-12,24H,13H2. The summed E-state index contributed by atoms with van der Waals surface area (Å²) in [7, 11) is -3.86. The van der Waals surface area contributed by atoms with E-state index in [4.69, 9.17) is 34.8 Å². The van der Waals surface area contributed by atoms with Gasteiger partial charge in [0, 0.05) is 15.1 Å². The molecule has 140 valence electrons. The number of aliphatic hydroxyl groups is 1. The van der Waals surface area contributed by atoms with E-state index in [2.05, 4.69) is 0 Å². The van der Waals surface area contributed by atoms with Crippen LogP contribution in [0.5, 0.6) is 0 Å². The zero-order valence-corrected chi connectivity index (χ0v) is 17.0. The van der Waals surface area contributed by atoms with Gasteiger partial charge in [-0.15, -0.1) is 0 Å². The second kappa shape index (κ2) is 7.82. The third-order valence-electron chi connectivity index (χ3n) is 4.20. The molecule has 0 aliphatic carbocycles.